The van der Waals surface area contributed by atoms with Crippen molar-refractivity contribution in [3.05, 3.63) is 46.3 Å². The van der Waals surface area contributed by atoms with Crippen LogP contribution in [0.25, 0.3) is 11.3 Å². The van der Waals surface area contributed by atoms with Gasteiger partial charge in [-0.15, -0.1) is 22.7 Å². The van der Waals surface area contributed by atoms with Crippen LogP contribution in [-0.2, 0) is 4.79 Å². The Morgan fingerprint density at radius 3 is 2.83 bits per heavy atom. The lowest BCUT2D eigenvalue weighted by Crippen LogP contribution is -2.13. The lowest BCUT2D eigenvalue weighted by molar-refractivity contribution is -0.113. The number of halogens is 2. The predicted molar refractivity (Wildman–Crippen MR) is 93.7 cm³/mol. The lowest BCUT2D eigenvalue weighted by atomic mass is 10.1. The fourth-order valence-electron chi connectivity index (χ4n) is 1.83. The molecule has 0 unspecified atom stereocenters. The molecule has 0 spiro atoms. The number of carbonyl (C=O) groups is 1. The topological polar surface area (TPSA) is 54.9 Å². The molecule has 2 aromatic heterocycles. The van der Waals surface area contributed by atoms with Crippen molar-refractivity contribution >= 4 is 45.5 Å². The van der Waals surface area contributed by atoms with Crippen molar-refractivity contribution < 1.29 is 13.6 Å². The Labute approximate surface area is 149 Å². The van der Waals surface area contributed by atoms with Crippen molar-refractivity contribution in [2.24, 2.45) is 0 Å². The van der Waals surface area contributed by atoms with Crippen LogP contribution in [0.5, 0.6) is 0 Å². The number of carbonyl (C=O) groups excluding carboxylic acids is 1. The summed E-state index contributed by atoms with van der Waals surface area (Å²) in [6.45, 7) is 1.89. The third kappa shape index (κ3) is 4.16. The molecular formula is C15H11F2N3OS3. The largest absolute Gasteiger partial charge is 0.301 e. The van der Waals surface area contributed by atoms with Crippen LogP contribution in [0.3, 0.4) is 0 Å². The van der Waals surface area contributed by atoms with Crippen LogP contribution in [0, 0.1) is 18.6 Å². The lowest BCUT2D eigenvalue weighted by Gasteiger charge is -2.01. The molecule has 0 atom stereocenters. The van der Waals surface area contributed by atoms with Gasteiger partial charge in [0.25, 0.3) is 0 Å². The first-order valence-corrected chi connectivity index (χ1v) is 9.51. The monoisotopic (exact) mass is 383 g/mol. The highest BCUT2D eigenvalue weighted by Gasteiger charge is 2.13. The number of thiazole rings is 2. The molecule has 24 heavy (non-hydrogen) atoms. The Bertz CT molecular complexity index is 878. The number of nitrogens with zero attached hydrogens (tertiary/aromatic N) is 2. The molecule has 0 radical (unpaired) electrons. The summed E-state index contributed by atoms with van der Waals surface area (Å²) in [5, 5.41) is 6.49. The third-order valence-corrected chi connectivity index (χ3v) is 5.78. The summed E-state index contributed by atoms with van der Waals surface area (Å²) < 4.78 is 27.8. The summed E-state index contributed by atoms with van der Waals surface area (Å²) in [6, 6.07) is 3.18. The van der Waals surface area contributed by atoms with Crippen LogP contribution in [0.4, 0.5) is 13.9 Å². The van der Waals surface area contributed by atoms with Gasteiger partial charge in [0.1, 0.15) is 11.6 Å². The third-order valence-electron chi connectivity index (χ3n) is 2.88. The summed E-state index contributed by atoms with van der Waals surface area (Å²) in [4.78, 5) is 20.3. The number of rotatable bonds is 5. The normalized spacial score (nSPS) is 10.8. The second-order valence-electron chi connectivity index (χ2n) is 4.75. The molecule has 0 aliphatic heterocycles. The zero-order chi connectivity index (χ0) is 17.1. The van der Waals surface area contributed by atoms with Crippen LogP contribution in [0.2, 0.25) is 0 Å². The fourth-order valence-corrected chi connectivity index (χ4v) is 4.21. The van der Waals surface area contributed by atoms with Gasteiger partial charge in [0.05, 0.1) is 11.4 Å². The summed E-state index contributed by atoms with van der Waals surface area (Å²) in [5.74, 6) is -1.13. The van der Waals surface area contributed by atoms with E-state index in [1.165, 1.54) is 23.1 Å². The molecule has 4 nitrogen and oxygen atoms in total. The number of thioether (sulfide) groups is 1. The van der Waals surface area contributed by atoms with E-state index < -0.39 is 11.6 Å². The molecule has 9 heteroatoms. The molecule has 2 heterocycles. The number of benzene rings is 1. The Kier molecular flexibility index (Phi) is 5.22. The summed E-state index contributed by atoms with van der Waals surface area (Å²) in [5.41, 5.74) is 1.28. The molecule has 0 saturated carbocycles. The molecule has 3 aromatic rings. The second kappa shape index (κ2) is 7.37. The van der Waals surface area contributed by atoms with Gasteiger partial charge < -0.3 is 5.32 Å². The fraction of sp³-hybridized carbons (Fsp3) is 0.133. The number of aromatic nitrogens is 2. The molecule has 1 N–H and O–H groups in total. The molecule has 0 aliphatic rings. The van der Waals surface area contributed by atoms with Crippen molar-refractivity contribution in [3.63, 3.8) is 0 Å². The number of amides is 1. The highest BCUT2D eigenvalue weighted by molar-refractivity contribution is 8.01. The van der Waals surface area contributed by atoms with Gasteiger partial charge in [-0.2, -0.15) is 0 Å². The number of hydrogen-bond acceptors (Lipinski definition) is 6. The average Bonchev–Trinajstić information content (AvgIpc) is 3.17. The van der Waals surface area contributed by atoms with Crippen molar-refractivity contribution in [1.82, 2.24) is 9.97 Å². The zero-order valence-corrected chi connectivity index (χ0v) is 14.8. The van der Waals surface area contributed by atoms with E-state index in [-0.39, 0.29) is 22.9 Å². The zero-order valence-electron chi connectivity index (χ0n) is 12.4. The Morgan fingerprint density at radius 2 is 2.08 bits per heavy atom. The summed E-state index contributed by atoms with van der Waals surface area (Å²) in [7, 11) is 0. The van der Waals surface area contributed by atoms with Crippen molar-refractivity contribution in [2.45, 2.75) is 11.3 Å². The maximum absolute atomic E-state index is 13.7. The Hall–Kier alpha value is -1.84. The maximum atomic E-state index is 13.7. The molecule has 1 aromatic carbocycles. The molecular weight excluding hydrogens is 372 g/mol. The SMILES string of the molecule is Cc1csc(SCC(=O)Nc2nc(-c3cc(F)ccc3F)cs2)n1. The highest BCUT2D eigenvalue weighted by atomic mass is 32.2. The molecule has 0 saturated heterocycles. The van der Waals surface area contributed by atoms with Gasteiger partial charge in [-0.25, -0.2) is 18.7 Å². The van der Waals surface area contributed by atoms with Gasteiger partial charge in [-0.1, -0.05) is 11.8 Å². The van der Waals surface area contributed by atoms with Gasteiger partial charge in [0.2, 0.25) is 5.91 Å². The average molecular weight is 383 g/mol. The molecule has 1 amide bonds. The van der Waals surface area contributed by atoms with Crippen LogP contribution < -0.4 is 5.32 Å². The minimum Gasteiger partial charge on any atom is -0.301 e. The van der Waals surface area contributed by atoms with E-state index in [0.717, 1.165) is 39.6 Å². The van der Waals surface area contributed by atoms with Gasteiger partial charge >= 0.3 is 0 Å². The standard InChI is InChI=1S/C15H11F2N3OS3/c1-8-5-23-15(18-8)24-7-13(21)20-14-19-12(6-22-14)10-4-9(16)2-3-11(10)17/h2-6H,7H2,1H3,(H,19,20,21). The van der Waals surface area contributed by atoms with E-state index in [1.54, 1.807) is 5.38 Å². The quantitative estimate of drug-likeness (QED) is 0.655. The van der Waals surface area contributed by atoms with E-state index in [2.05, 4.69) is 15.3 Å². The highest BCUT2D eigenvalue weighted by Crippen LogP contribution is 2.28. The molecule has 0 aliphatic carbocycles. The van der Waals surface area contributed by atoms with E-state index in [9.17, 15) is 13.6 Å². The summed E-state index contributed by atoms with van der Waals surface area (Å²) >= 11 is 3.98. The summed E-state index contributed by atoms with van der Waals surface area (Å²) in [6.07, 6.45) is 0. The minimum absolute atomic E-state index is 0.0689. The smallest absolute Gasteiger partial charge is 0.236 e. The van der Waals surface area contributed by atoms with Crippen LogP contribution in [0.15, 0.2) is 33.3 Å². The number of nitrogens with one attached hydrogen (secondary N) is 1. The molecule has 3 rings (SSSR count). The second-order valence-corrected chi connectivity index (χ2v) is 7.69. The predicted octanol–water partition coefficient (Wildman–Crippen LogP) is 4.58. The van der Waals surface area contributed by atoms with Crippen LogP contribution in [0.1, 0.15) is 5.69 Å². The first-order valence-electron chi connectivity index (χ1n) is 6.77. The van der Waals surface area contributed by atoms with Crippen LogP contribution in [-0.4, -0.2) is 21.6 Å². The van der Waals surface area contributed by atoms with E-state index in [4.69, 9.17) is 0 Å². The van der Waals surface area contributed by atoms with E-state index >= 15 is 0 Å². The van der Waals surface area contributed by atoms with Gasteiger partial charge in [0.15, 0.2) is 9.47 Å². The molecule has 0 fully saturated rings. The first kappa shape index (κ1) is 17.0. The number of hydrogen-bond donors (Lipinski definition) is 1. The first-order chi connectivity index (χ1) is 11.5. The van der Waals surface area contributed by atoms with Crippen molar-refractivity contribution in [3.8, 4) is 11.3 Å². The Balaban J connectivity index is 1.63. The van der Waals surface area contributed by atoms with Gasteiger partial charge in [-0.3, -0.25) is 4.79 Å². The molecule has 124 valence electrons. The minimum atomic E-state index is -0.561. The number of anilines is 1. The maximum Gasteiger partial charge on any atom is 0.236 e. The van der Waals surface area contributed by atoms with E-state index in [1.807, 2.05) is 12.3 Å². The van der Waals surface area contributed by atoms with Gasteiger partial charge in [-0.05, 0) is 25.1 Å². The number of aryl methyl sites for hydroxylation is 1. The van der Waals surface area contributed by atoms with Crippen molar-refractivity contribution in [2.75, 3.05) is 11.1 Å². The van der Waals surface area contributed by atoms with Crippen molar-refractivity contribution in [1.29, 1.82) is 0 Å². The van der Waals surface area contributed by atoms with E-state index in [0.29, 0.717) is 5.13 Å². The Morgan fingerprint density at radius 1 is 1.25 bits per heavy atom. The molecule has 0 bridgehead atoms. The van der Waals surface area contributed by atoms with Gasteiger partial charge in [0, 0.05) is 22.0 Å². The van der Waals surface area contributed by atoms with Crippen LogP contribution >= 0.6 is 34.4 Å².